The van der Waals surface area contributed by atoms with Crippen molar-refractivity contribution in [2.45, 2.75) is 19.8 Å². The van der Waals surface area contributed by atoms with Crippen molar-refractivity contribution in [1.29, 1.82) is 0 Å². The fourth-order valence-corrected chi connectivity index (χ4v) is 1.13. The van der Waals surface area contributed by atoms with Gasteiger partial charge in [-0.25, -0.2) is 4.79 Å². The van der Waals surface area contributed by atoms with Crippen molar-refractivity contribution in [2.75, 3.05) is 13.2 Å². The zero-order valence-electron chi connectivity index (χ0n) is 9.31. The predicted molar refractivity (Wildman–Crippen MR) is 60.0 cm³/mol. The molecule has 0 aliphatic rings. The Morgan fingerprint density at radius 2 is 2.00 bits per heavy atom. The lowest BCUT2D eigenvalue weighted by Gasteiger charge is -2.07. The third kappa shape index (κ3) is 4.68. The van der Waals surface area contributed by atoms with E-state index in [0.717, 1.165) is 12.8 Å². The molecule has 1 rings (SSSR count). The molecule has 0 radical (unpaired) electrons. The SMILES string of the molecule is CCCCOc1cccc(OCC(=O)O)c1. The maximum Gasteiger partial charge on any atom is 0.341 e. The van der Waals surface area contributed by atoms with Gasteiger partial charge in [-0.15, -0.1) is 0 Å². The summed E-state index contributed by atoms with van der Waals surface area (Å²) in [5.41, 5.74) is 0. The van der Waals surface area contributed by atoms with Crippen molar-refractivity contribution >= 4 is 5.97 Å². The van der Waals surface area contributed by atoms with Gasteiger partial charge < -0.3 is 14.6 Å². The summed E-state index contributed by atoms with van der Waals surface area (Å²) in [6.07, 6.45) is 2.08. The molecule has 0 heterocycles. The van der Waals surface area contributed by atoms with E-state index in [1.54, 1.807) is 18.2 Å². The minimum Gasteiger partial charge on any atom is -0.493 e. The first kappa shape index (κ1) is 12.4. The highest BCUT2D eigenvalue weighted by atomic mass is 16.5. The summed E-state index contributed by atoms with van der Waals surface area (Å²) in [6.45, 7) is 2.42. The number of carboxylic acid groups (broad SMARTS) is 1. The van der Waals surface area contributed by atoms with E-state index in [-0.39, 0.29) is 6.61 Å². The number of aliphatic carboxylic acids is 1. The fraction of sp³-hybridized carbons (Fsp3) is 0.417. The number of rotatable bonds is 7. The van der Waals surface area contributed by atoms with Gasteiger partial charge in [-0.2, -0.15) is 0 Å². The van der Waals surface area contributed by atoms with Crippen molar-refractivity contribution in [3.63, 3.8) is 0 Å². The summed E-state index contributed by atoms with van der Waals surface area (Å²) in [4.78, 5) is 10.3. The second kappa shape index (κ2) is 6.71. The minimum atomic E-state index is -0.989. The van der Waals surface area contributed by atoms with E-state index in [0.29, 0.717) is 18.1 Å². The molecule has 16 heavy (non-hydrogen) atoms. The molecular formula is C12H16O4. The van der Waals surface area contributed by atoms with E-state index in [1.807, 2.05) is 6.07 Å². The van der Waals surface area contributed by atoms with Crippen LogP contribution in [-0.2, 0) is 4.79 Å². The molecule has 4 nitrogen and oxygen atoms in total. The monoisotopic (exact) mass is 224 g/mol. The molecule has 0 fully saturated rings. The van der Waals surface area contributed by atoms with Gasteiger partial charge in [0.2, 0.25) is 0 Å². The third-order valence-corrected chi connectivity index (χ3v) is 1.93. The highest BCUT2D eigenvalue weighted by molar-refractivity contribution is 5.68. The van der Waals surface area contributed by atoms with E-state index >= 15 is 0 Å². The molecule has 1 aromatic carbocycles. The van der Waals surface area contributed by atoms with Gasteiger partial charge in [-0.3, -0.25) is 0 Å². The molecule has 0 saturated carbocycles. The second-order valence-corrected chi connectivity index (χ2v) is 3.36. The summed E-state index contributed by atoms with van der Waals surface area (Å²) in [6, 6.07) is 7.00. The maximum absolute atomic E-state index is 10.3. The Morgan fingerprint density at radius 1 is 1.31 bits per heavy atom. The van der Waals surface area contributed by atoms with Gasteiger partial charge in [0.25, 0.3) is 0 Å². The quantitative estimate of drug-likeness (QED) is 0.722. The topological polar surface area (TPSA) is 55.8 Å². The Labute approximate surface area is 94.8 Å². The van der Waals surface area contributed by atoms with Crippen molar-refractivity contribution in [1.82, 2.24) is 0 Å². The van der Waals surface area contributed by atoms with Gasteiger partial charge in [-0.05, 0) is 18.6 Å². The molecule has 0 aromatic heterocycles. The summed E-state index contributed by atoms with van der Waals surface area (Å²) in [5, 5.41) is 8.46. The number of ether oxygens (including phenoxy) is 2. The van der Waals surface area contributed by atoms with E-state index in [4.69, 9.17) is 14.6 Å². The number of carboxylic acids is 1. The third-order valence-electron chi connectivity index (χ3n) is 1.93. The molecule has 0 amide bonds. The standard InChI is InChI=1S/C12H16O4/c1-2-3-7-15-10-5-4-6-11(8-10)16-9-12(13)14/h4-6,8H,2-3,7,9H2,1H3,(H,13,14). The molecule has 0 bridgehead atoms. The van der Waals surface area contributed by atoms with Crippen LogP contribution in [0, 0.1) is 0 Å². The molecule has 4 heteroatoms. The van der Waals surface area contributed by atoms with Crippen LogP contribution in [0.5, 0.6) is 11.5 Å². The number of hydrogen-bond acceptors (Lipinski definition) is 3. The lowest BCUT2D eigenvalue weighted by atomic mass is 10.3. The number of benzene rings is 1. The molecule has 0 unspecified atom stereocenters. The summed E-state index contributed by atoms with van der Waals surface area (Å²) >= 11 is 0. The van der Waals surface area contributed by atoms with Crippen LogP contribution in [0.2, 0.25) is 0 Å². The van der Waals surface area contributed by atoms with E-state index in [2.05, 4.69) is 6.92 Å². The Bertz CT molecular complexity index is 336. The van der Waals surface area contributed by atoms with Crippen LogP contribution in [0.3, 0.4) is 0 Å². The first-order valence-corrected chi connectivity index (χ1v) is 5.30. The molecule has 1 N–H and O–H groups in total. The first-order valence-electron chi connectivity index (χ1n) is 5.30. The van der Waals surface area contributed by atoms with E-state index in [1.165, 1.54) is 0 Å². The summed E-state index contributed by atoms with van der Waals surface area (Å²) < 4.78 is 10.5. The predicted octanol–water partition coefficient (Wildman–Crippen LogP) is 2.33. The first-order chi connectivity index (χ1) is 7.72. The molecular weight excluding hydrogens is 208 g/mol. The second-order valence-electron chi connectivity index (χ2n) is 3.36. The summed E-state index contributed by atoms with van der Waals surface area (Å²) in [7, 11) is 0. The maximum atomic E-state index is 10.3. The van der Waals surface area contributed by atoms with Gasteiger partial charge in [0.05, 0.1) is 6.61 Å². The Balaban J connectivity index is 2.46. The van der Waals surface area contributed by atoms with Crippen LogP contribution in [0.15, 0.2) is 24.3 Å². The molecule has 0 aliphatic carbocycles. The normalized spacial score (nSPS) is 9.81. The number of carbonyl (C=O) groups is 1. The Morgan fingerprint density at radius 3 is 2.62 bits per heavy atom. The van der Waals surface area contributed by atoms with Gasteiger partial charge in [0.15, 0.2) is 6.61 Å². The Hall–Kier alpha value is -1.71. The lowest BCUT2D eigenvalue weighted by molar-refractivity contribution is -0.139. The molecule has 0 aliphatic heterocycles. The van der Waals surface area contributed by atoms with Crippen molar-refractivity contribution < 1.29 is 19.4 Å². The van der Waals surface area contributed by atoms with Crippen molar-refractivity contribution in [3.05, 3.63) is 24.3 Å². The molecule has 88 valence electrons. The largest absolute Gasteiger partial charge is 0.493 e. The Kier molecular flexibility index (Phi) is 5.19. The van der Waals surface area contributed by atoms with Crippen LogP contribution in [0.25, 0.3) is 0 Å². The fourth-order valence-electron chi connectivity index (χ4n) is 1.13. The van der Waals surface area contributed by atoms with Crippen molar-refractivity contribution in [2.24, 2.45) is 0 Å². The molecule has 1 aromatic rings. The van der Waals surface area contributed by atoms with Crippen LogP contribution >= 0.6 is 0 Å². The van der Waals surface area contributed by atoms with Crippen LogP contribution in [0.1, 0.15) is 19.8 Å². The molecule has 0 saturated heterocycles. The average Bonchev–Trinajstić information content (AvgIpc) is 2.27. The van der Waals surface area contributed by atoms with Crippen LogP contribution in [-0.4, -0.2) is 24.3 Å². The van der Waals surface area contributed by atoms with Crippen LogP contribution < -0.4 is 9.47 Å². The average molecular weight is 224 g/mol. The lowest BCUT2D eigenvalue weighted by Crippen LogP contribution is -2.09. The highest BCUT2D eigenvalue weighted by Crippen LogP contribution is 2.19. The van der Waals surface area contributed by atoms with Crippen molar-refractivity contribution in [3.8, 4) is 11.5 Å². The van der Waals surface area contributed by atoms with Gasteiger partial charge in [0.1, 0.15) is 11.5 Å². The molecule has 0 atom stereocenters. The van der Waals surface area contributed by atoms with Gasteiger partial charge >= 0.3 is 5.97 Å². The summed E-state index contributed by atoms with van der Waals surface area (Å²) in [5.74, 6) is 0.227. The highest BCUT2D eigenvalue weighted by Gasteiger charge is 2.00. The zero-order chi connectivity index (χ0) is 11.8. The minimum absolute atomic E-state index is 0.335. The zero-order valence-corrected chi connectivity index (χ0v) is 9.31. The number of unbranched alkanes of at least 4 members (excludes halogenated alkanes) is 1. The van der Waals surface area contributed by atoms with E-state index < -0.39 is 5.97 Å². The molecule has 0 spiro atoms. The van der Waals surface area contributed by atoms with Gasteiger partial charge in [-0.1, -0.05) is 19.4 Å². The smallest absolute Gasteiger partial charge is 0.341 e. The van der Waals surface area contributed by atoms with E-state index in [9.17, 15) is 4.79 Å². The van der Waals surface area contributed by atoms with Crippen LogP contribution in [0.4, 0.5) is 0 Å². The van der Waals surface area contributed by atoms with Gasteiger partial charge in [0, 0.05) is 6.07 Å². The number of hydrogen-bond donors (Lipinski definition) is 1.